The summed E-state index contributed by atoms with van der Waals surface area (Å²) in [6.07, 6.45) is 4.02. The topological polar surface area (TPSA) is 93.0 Å². The zero-order valence-corrected chi connectivity index (χ0v) is 7.68. The quantitative estimate of drug-likeness (QED) is 0.278. The molecule has 0 fully saturated rings. The maximum absolute atomic E-state index is 9.89. The van der Waals surface area contributed by atoms with Gasteiger partial charge in [0.1, 0.15) is 6.29 Å². The van der Waals surface area contributed by atoms with Crippen LogP contribution in [0.15, 0.2) is 36.4 Å². The molecular formula is C10H13N3O. The van der Waals surface area contributed by atoms with Gasteiger partial charge in [-0.2, -0.15) is 0 Å². The summed E-state index contributed by atoms with van der Waals surface area (Å²) in [5, 5.41) is 6.06. The average molecular weight is 191 g/mol. The van der Waals surface area contributed by atoms with Crippen molar-refractivity contribution >= 4 is 18.3 Å². The van der Waals surface area contributed by atoms with Crippen LogP contribution in [-0.2, 0) is 4.79 Å². The fourth-order valence-corrected chi connectivity index (χ4v) is 0.715. The second-order valence-electron chi connectivity index (χ2n) is 2.36. The summed E-state index contributed by atoms with van der Waals surface area (Å²) < 4.78 is 0. The van der Waals surface area contributed by atoms with Gasteiger partial charge in [0.15, 0.2) is 5.96 Å². The molecule has 1 aromatic rings. The second-order valence-corrected chi connectivity index (χ2v) is 2.36. The van der Waals surface area contributed by atoms with Crippen LogP contribution in [-0.4, -0.2) is 12.2 Å². The van der Waals surface area contributed by atoms with Crippen molar-refractivity contribution in [2.75, 3.05) is 0 Å². The Morgan fingerprint density at radius 1 is 1.21 bits per heavy atom. The molecule has 0 aliphatic carbocycles. The van der Waals surface area contributed by atoms with E-state index in [1.54, 1.807) is 6.08 Å². The summed E-state index contributed by atoms with van der Waals surface area (Å²) in [4.78, 5) is 9.89. The van der Waals surface area contributed by atoms with Crippen molar-refractivity contribution in [3.05, 3.63) is 42.0 Å². The highest BCUT2D eigenvalue weighted by atomic mass is 16.1. The molecule has 1 rings (SSSR count). The van der Waals surface area contributed by atoms with Gasteiger partial charge in [0, 0.05) is 0 Å². The van der Waals surface area contributed by atoms with E-state index in [2.05, 4.69) is 11.5 Å². The Morgan fingerprint density at radius 2 is 1.71 bits per heavy atom. The smallest absolute Gasteiger partial charge is 0.183 e. The first-order valence-electron chi connectivity index (χ1n) is 3.93. The molecule has 0 bridgehead atoms. The molecule has 74 valence electrons. The fraction of sp³-hybridized carbons (Fsp3) is 0. The van der Waals surface area contributed by atoms with Crippen LogP contribution in [0.2, 0.25) is 0 Å². The van der Waals surface area contributed by atoms with Crippen LogP contribution < -0.4 is 11.5 Å². The predicted molar refractivity (Wildman–Crippen MR) is 57.6 cm³/mol. The monoisotopic (exact) mass is 191 g/mol. The van der Waals surface area contributed by atoms with Crippen LogP contribution in [0, 0.1) is 5.41 Å². The Morgan fingerprint density at radius 3 is 2.14 bits per heavy atom. The molecule has 0 saturated heterocycles. The van der Waals surface area contributed by atoms with Gasteiger partial charge in [0.25, 0.3) is 0 Å². The standard InChI is InChI=1S/C9H8O.CH5N3/c10-8-4-7-9-5-2-1-3-6-9;2-1(3)4/h1-8H;(H5,2,3,4). The lowest BCUT2D eigenvalue weighted by atomic mass is 10.2. The van der Waals surface area contributed by atoms with E-state index in [0.29, 0.717) is 0 Å². The first kappa shape index (κ1) is 11.9. The molecule has 4 nitrogen and oxygen atoms in total. The normalized spacial score (nSPS) is 8.86. The largest absolute Gasteiger partial charge is 0.370 e. The predicted octanol–water partition coefficient (Wildman–Crippen LogP) is 0.737. The van der Waals surface area contributed by atoms with Crippen LogP contribution in [0.25, 0.3) is 6.08 Å². The molecule has 0 unspecified atom stereocenters. The van der Waals surface area contributed by atoms with Crippen molar-refractivity contribution in [1.29, 1.82) is 5.41 Å². The van der Waals surface area contributed by atoms with Crippen LogP contribution in [0.3, 0.4) is 0 Å². The van der Waals surface area contributed by atoms with Gasteiger partial charge in [0.05, 0.1) is 0 Å². The van der Waals surface area contributed by atoms with E-state index in [9.17, 15) is 4.79 Å². The first-order valence-corrected chi connectivity index (χ1v) is 3.93. The summed E-state index contributed by atoms with van der Waals surface area (Å²) in [6.45, 7) is 0. The van der Waals surface area contributed by atoms with Gasteiger partial charge in [-0.1, -0.05) is 36.4 Å². The molecule has 14 heavy (non-hydrogen) atoms. The lowest BCUT2D eigenvalue weighted by Gasteiger charge is -1.86. The minimum atomic E-state index is -0.333. The zero-order chi connectivity index (χ0) is 10.8. The molecule has 0 radical (unpaired) electrons. The molecule has 0 amide bonds. The van der Waals surface area contributed by atoms with Crippen LogP contribution >= 0.6 is 0 Å². The minimum absolute atomic E-state index is 0.333. The number of hydrogen-bond acceptors (Lipinski definition) is 2. The molecule has 4 heteroatoms. The van der Waals surface area contributed by atoms with E-state index < -0.39 is 0 Å². The highest BCUT2D eigenvalue weighted by Gasteiger charge is 1.79. The maximum atomic E-state index is 9.89. The molecule has 0 aliphatic heterocycles. The second kappa shape index (κ2) is 7.54. The van der Waals surface area contributed by atoms with E-state index in [1.165, 1.54) is 6.08 Å². The van der Waals surface area contributed by atoms with Gasteiger partial charge in [-0.15, -0.1) is 0 Å². The number of carbonyl (C=O) groups excluding carboxylic acids is 1. The highest BCUT2D eigenvalue weighted by Crippen LogP contribution is 1.99. The van der Waals surface area contributed by atoms with Crippen molar-refractivity contribution in [3.63, 3.8) is 0 Å². The SMILES string of the molecule is N=C(N)N.O=CC=Cc1ccccc1. The third kappa shape index (κ3) is 8.00. The summed E-state index contributed by atoms with van der Waals surface area (Å²) >= 11 is 0. The zero-order valence-electron chi connectivity index (χ0n) is 7.68. The van der Waals surface area contributed by atoms with Crippen molar-refractivity contribution in [1.82, 2.24) is 0 Å². The van der Waals surface area contributed by atoms with Gasteiger partial charge in [0.2, 0.25) is 0 Å². The van der Waals surface area contributed by atoms with Crippen molar-refractivity contribution < 1.29 is 4.79 Å². The number of nitrogens with two attached hydrogens (primary N) is 2. The van der Waals surface area contributed by atoms with E-state index in [4.69, 9.17) is 5.41 Å². The van der Waals surface area contributed by atoms with Crippen molar-refractivity contribution in [2.24, 2.45) is 11.5 Å². The van der Waals surface area contributed by atoms with Gasteiger partial charge in [-0.25, -0.2) is 0 Å². The van der Waals surface area contributed by atoms with Gasteiger partial charge < -0.3 is 11.5 Å². The highest BCUT2D eigenvalue weighted by molar-refractivity contribution is 5.73. The molecule has 0 aromatic heterocycles. The maximum Gasteiger partial charge on any atom is 0.183 e. The molecule has 0 saturated carbocycles. The van der Waals surface area contributed by atoms with E-state index in [1.807, 2.05) is 30.3 Å². The Kier molecular flexibility index (Phi) is 6.41. The van der Waals surface area contributed by atoms with Gasteiger partial charge in [-0.05, 0) is 11.6 Å². The number of guanidine groups is 1. The molecular weight excluding hydrogens is 178 g/mol. The summed E-state index contributed by atoms with van der Waals surface area (Å²) in [5.41, 5.74) is 10.00. The average Bonchev–Trinajstić information content (AvgIpc) is 2.15. The van der Waals surface area contributed by atoms with E-state index >= 15 is 0 Å². The lowest BCUT2D eigenvalue weighted by molar-refractivity contribution is -0.104. The summed E-state index contributed by atoms with van der Waals surface area (Å²) in [7, 11) is 0. The number of nitrogens with one attached hydrogen (secondary N) is 1. The minimum Gasteiger partial charge on any atom is -0.370 e. The third-order valence-electron chi connectivity index (χ3n) is 1.17. The Bertz CT molecular complexity index is 302. The first-order chi connectivity index (χ1) is 6.66. The Labute approximate surface area is 82.7 Å². The number of hydrogen-bond donors (Lipinski definition) is 3. The van der Waals surface area contributed by atoms with E-state index in [0.717, 1.165) is 11.8 Å². The Hall–Kier alpha value is -2.10. The van der Waals surface area contributed by atoms with Crippen LogP contribution in [0.1, 0.15) is 5.56 Å². The molecule has 0 heterocycles. The van der Waals surface area contributed by atoms with Gasteiger partial charge in [-0.3, -0.25) is 10.2 Å². The lowest BCUT2D eigenvalue weighted by Crippen LogP contribution is -2.20. The molecule has 1 aromatic carbocycles. The fourth-order valence-electron chi connectivity index (χ4n) is 0.715. The molecule has 0 atom stereocenters. The van der Waals surface area contributed by atoms with E-state index in [-0.39, 0.29) is 5.96 Å². The molecule has 5 N–H and O–H groups in total. The summed E-state index contributed by atoms with van der Waals surface area (Å²) in [5.74, 6) is -0.333. The van der Waals surface area contributed by atoms with Gasteiger partial charge >= 0.3 is 0 Å². The van der Waals surface area contributed by atoms with Crippen molar-refractivity contribution in [2.45, 2.75) is 0 Å². The molecule has 0 spiro atoms. The number of aldehydes is 1. The Balaban J connectivity index is 0.000000364. The summed E-state index contributed by atoms with van der Waals surface area (Å²) in [6, 6.07) is 9.70. The van der Waals surface area contributed by atoms with Crippen molar-refractivity contribution in [3.8, 4) is 0 Å². The number of rotatable bonds is 2. The molecule has 0 aliphatic rings. The third-order valence-corrected chi connectivity index (χ3v) is 1.17. The number of carbonyl (C=O) groups is 1. The van der Waals surface area contributed by atoms with Crippen LogP contribution in [0.5, 0.6) is 0 Å². The van der Waals surface area contributed by atoms with Crippen LogP contribution in [0.4, 0.5) is 0 Å². The number of benzene rings is 1. The number of allylic oxidation sites excluding steroid dienone is 1.